The summed E-state index contributed by atoms with van der Waals surface area (Å²) in [5.41, 5.74) is 4.46. The molecule has 3 aromatic rings. The minimum absolute atomic E-state index is 0.711. The molecule has 0 unspecified atom stereocenters. The van der Waals surface area contributed by atoms with Gasteiger partial charge in [0, 0.05) is 11.0 Å². The molecule has 108 valence electrons. The summed E-state index contributed by atoms with van der Waals surface area (Å²) in [7, 11) is 0. The number of hydrogen-bond acceptors (Lipinski definition) is 3. The standard InChI is InChI=1S/C16H17BrN4/c1-2-18-10-12-7-8-13(14(17)9-12)11-21-16-6-4-3-5-15(16)19-20-21/h3-9,18H,2,10-11H2,1H3. The Balaban J connectivity index is 1.84. The summed E-state index contributed by atoms with van der Waals surface area (Å²) in [6, 6.07) is 14.5. The van der Waals surface area contributed by atoms with Crippen molar-refractivity contribution in [3.8, 4) is 0 Å². The second-order valence-corrected chi connectivity index (χ2v) is 5.80. The molecule has 0 aliphatic rings. The molecule has 0 spiro atoms. The van der Waals surface area contributed by atoms with Crippen molar-refractivity contribution in [1.82, 2.24) is 20.3 Å². The van der Waals surface area contributed by atoms with Gasteiger partial charge in [0.25, 0.3) is 0 Å². The third kappa shape index (κ3) is 3.14. The normalized spacial score (nSPS) is 11.1. The fourth-order valence-corrected chi connectivity index (χ4v) is 2.85. The van der Waals surface area contributed by atoms with Crippen molar-refractivity contribution in [3.05, 3.63) is 58.1 Å². The van der Waals surface area contributed by atoms with Gasteiger partial charge in [-0.05, 0) is 35.9 Å². The minimum atomic E-state index is 0.711. The molecule has 21 heavy (non-hydrogen) atoms. The average molecular weight is 345 g/mol. The SMILES string of the molecule is CCNCc1ccc(Cn2nnc3ccccc32)c(Br)c1. The van der Waals surface area contributed by atoms with Crippen molar-refractivity contribution in [3.63, 3.8) is 0 Å². The third-order valence-corrected chi connectivity index (χ3v) is 4.18. The molecule has 3 rings (SSSR count). The number of rotatable bonds is 5. The number of fused-ring (bicyclic) bond motifs is 1. The maximum Gasteiger partial charge on any atom is 0.113 e. The Morgan fingerprint density at radius 2 is 2.05 bits per heavy atom. The van der Waals surface area contributed by atoms with Gasteiger partial charge in [-0.2, -0.15) is 0 Å². The smallest absolute Gasteiger partial charge is 0.113 e. The van der Waals surface area contributed by atoms with E-state index in [1.165, 1.54) is 11.1 Å². The fraction of sp³-hybridized carbons (Fsp3) is 0.250. The Kier molecular flexibility index (Phi) is 4.31. The number of nitrogens with zero attached hydrogens (tertiary/aromatic N) is 3. The van der Waals surface area contributed by atoms with E-state index in [4.69, 9.17) is 0 Å². The number of benzene rings is 2. The molecule has 0 saturated heterocycles. The Morgan fingerprint density at radius 3 is 2.86 bits per heavy atom. The van der Waals surface area contributed by atoms with Crippen LogP contribution in [0.1, 0.15) is 18.1 Å². The van der Waals surface area contributed by atoms with Crippen LogP contribution >= 0.6 is 15.9 Å². The highest BCUT2D eigenvalue weighted by Gasteiger charge is 2.07. The zero-order chi connectivity index (χ0) is 14.7. The van der Waals surface area contributed by atoms with E-state index in [0.717, 1.165) is 28.6 Å². The molecule has 0 amide bonds. The molecule has 0 radical (unpaired) electrons. The van der Waals surface area contributed by atoms with Crippen LogP contribution in [0.15, 0.2) is 46.9 Å². The van der Waals surface area contributed by atoms with Crippen molar-refractivity contribution in [1.29, 1.82) is 0 Å². The van der Waals surface area contributed by atoms with Gasteiger partial charge in [-0.3, -0.25) is 0 Å². The van der Waals surface area contributed by atoms with Crippen LogP contribution < -0.4 is 5.32 Å². The first-order valence-electron chi connectivity index (χ1n) is 7.04. The molecule has 0 fully saturated rings. The highest BCUT2D eigenvalue weighted by Crippen LogP contribution is 2.21. The molecule has 1 heterocycles. The third-order valence-electron chi connectivity index (χ3n) is 3.44. The van der Waals surface area contributed by atoms with Crippen molar-refractivity contribution in [2.24, 2.45) is 0 Å². The lowest BCUT2D eigenvalue weighted by molar-refractivity contribution is 0.667. The zero-order valence-corrected chi connectivity index (χ0v) is 13.5. The van der Waals surface area contributed by atoms with Gasteiger partial charge in [0.2, 0.25) is 0 Å². The summed E-state index contributed by atoms with van der Waals surface area (Å²) in [6.07, 6.45) is 0. The van der Waals surface area contributed by atoms with Crippen LogP contribution in [0.2, 0.25) is 0 Å². The lowest BCUT2D eigenvalue weighted by atomic mass is 10.1. The molecule has 0 saturated carbocycles. The van der Waals surface area contributed by atoms with Crippen molar-refractivity contribution in [2.45, 2.75) is 20.0 Å². The van der Waals surface area contributed by atoms with E-state index in [2.05, 4.69) is 56.7 Å². The summed E-state index contributed by atoms with van der Waals surface area (Å²) in [5, 5.41) is 11.8. The number of halogens is 1. The second-order valence-electron chi connectivity index (χ2n) is 4.94. The Labute approximate surface area is 132 Å². The van der Waals surface area contributed by atoms with Gasteiger partial charge < -0.3 is 5.32 Å². The summed E-state index contributed by atoms with van der Waals surface area (Å²) >= 11 is 3.66. The van der Waals surface area contributed by atoms with Crippen LogP contribution in [0, 0.1) is 0 Å². The number of aromatic nitrogens is 3. The molecule has 0 aliphatic carbocycles. The summed E-state index contributed by atoms with van der Waals surface area (Å²) in [4.78, 5) is 0. The van der Waals surface area contributed by atoms with Gasteiger partial charge in [-0.1, -0.05) is 52.3 Å². The molecule has 4 nitrogen and oxygen atoms in total. The highest BCUT2D eigenvalue weighted by atomic mass is 79.9. The van der Waals surface area contributed by atoms with Gasteiger partial charge in [-0.15, -0.1) is 5.10 Å². The predicted molar refractivity (Wildman–Crippen MR) is 88.2 cm³/mol. The molecule has 0 aliphatic heterocycles. The van der Waals surface area contributed by atoms with E-state index in [1.807, 2.05) is 28.9 Å². The van der Waals surface area contributed by atoms with Gasteiger partial charge in [0.15, 0.2) is 0 Å². The predicted octanol–water partition coefficient (Wildman–Crippen LogP) is 3.35. The van der Waals surface area contributed by atoms with Crippen LogP contribution in [0.25, 0.3) is 11.0 Å². The first-order chi connectivity index (χ1) is 10.3. The summed E-state index contributed by atoms with van der Waals surface area (Å²) in [6.45, 7) is 4.69. The van der Waals surface area contributed by atoms with E-state index >= 15 is 0 Å². The van der Waals surface area contributed by atoms with Crippen LogP contribution in [0.4, 0.5) is 0 Å². The molecule has 0 bridgehead atoms. The van der Waals surface area contributed by atoms with E-state index in [0.29, 0.717) is 6.54 Å². The maximum atomic E-state index is 4.24. The number of para-hydroxylation sites is 1. The topological polar surface area (TPSA) is 42.7 Å². The van der Waals surface area contributed by atoms with Crippen LogP contribution in [0.5, 0.6) is 0 Å². The molecular formula is C16H17BrN4. The quantitative estimate of drug-likeness (QED) is 0.771. The number of hydrogen-bond donors (Lipinski definition) is 1. The van der Waals surface area contributed by atoms with E-state index in [9.17, 15) is 0 Å². The first-order valence-corrected chi connectivity index (χ1v) is 7.83. The van der Waals surface area contributed by atoms with Gasteiger partial charge in [0.05, 0.1) is 12.1 Å². The van der Waals surface area contributed by atoms with Gasteiger partial charge in [-0.25, -0.2) is 4.68 Å². The average Bonchev–Trinajstić information content (AvgIpc) is 2.91. The highest BCUT2D eigenvalue weighted by molar-refractivity contribution is 9.10. The monoisotopic (exact) mass is 344 g/mol. The van der Waals surface area contributed by atoms with E-state index in [-0.39, 0.29) is 0 Å². The molecule has 1 N–H and O–H groups in total. The van der Waals surface area contributed by atoms with Gasteiger partial charge >= 0.3 is 0 Å². The van der Waals surface area contributed by atoms with Crippen LogP contribution in [-0.4, -0.2) is 21.5 Å². The fourth-order valence-electron chi connectivity index (χ4n) is 2.29. The largest absolute Gasteiger partial charge is 0.313 e. The molecule has 0 atom stereocenters. The minimum Gasteiger partial charge on any atom is -0.313 e. The van der Waals surface area contributed by atoms with Crippen LogP contribution in [-0.2, 0) is 13.1 Å². The molecule has 5 heteroatoms. The van der Waals surface area contributed by atoms with Crippen molar-refractivity contribution >= 4 is 27.0 Å². The maximum absolute atomic E-state index is 4.24. The Morgan fingerprint density at radius 1 is 1.19 bits per heavy atom. The number of nitrogens with one attached hydrogen (secondary N) is 1. The first kappa shape index (κ1) is 14.2. The van der Waals surface area contributed by atoms with Crippen molar-refractivity contribution < 1.29 is 0 Å². The second kappa shape index (κ2) is 6.37. The van der Waals surface area contributed by atoms with E-state index < -0.39 is 0 Å². The van der Waals surface area contributed by atoms with Gasteiger partial charge in [0.1, 0.15) is 5.52 Å². The van der Waals surface area contributed by atoms with Crippen molar-refractivity contribution in [2.75, 3.05) is 6.54 Å². The molecule has 2 aromatic carbocycles. The summed E-state index contributed by atoms with van der Waals surface area (Å²) < 4.78 is 3.04. The molecular weight excluding hydrogens is 328 g/mol. The van der Waals surface area contributed by atoms with E-state index in [1.54, 1.807) is 0 Å². The lowest BCUT2D eigenvalue weighted by Gasteiger charge is -2.08. The zero-order valence-electron chi connectivity index (χ0n) is 11.9. The van der Waals surface area contributed by atoms with Crippen LogP contribution in [0.3, 0.4) is 0 Å². The molecule has 1 aromatic heterocycles. The Bertz CT molecular complexity index is 751. The lowest BCUT2D eigenvalue weighted by Crippen LogP contribution is -2.12. The summed E-state index contributed by atoms with van der Waals surface area (Å²) in [5.74, 6) is 0. The Hall–Kier alpha value is -1.72.